The van der Waals surface area contributed by atoms with Gasteiger partial charge in [-0.15, -0.1) is 0 Å². The number of benzene rings is 1. The van der Waals surface area contributed by atoms with E-state index in [1.54, 1.807) is 0 Å². The van der Waals surface area contributed by atoms with Gasteiger partial charge in [-0.05, 0) is 23.0 Å². The summed E-state index contributed by atoms with van der Waals surface area (Å²) in [4.78, 5) is 11.1. The van der Waals surface area contributed by atoms with E-state index in [9.17, 15) is 9.90 Å². The molecule has 3 N–H and O–H groups in total. The highest BCUT2D eigenvalue weighted by Crippen LogP contribution is 2.25. The number of hydrogen-bond acceptors (Lipinski definition) is 4. The highest BCUT2D eigenvalue weighted by Gasteiger charge is 2.19. The van der Waals surface area contributed by atoms with Gasteiger partial charge in [-0.1, -0.05) is 45.0 Å². The average molecular weight is 279 g/mol. The molecule has 0 fully saturated rings. The minimum atomic E-state index is -0.770. The Balaban J connectivity index is 2.67. The van der Waals surface area contributed by atoms with Crippen molar-refractivity contribution >= 4 is 5.97 Å². The second-order valence-corrected chi connectivity index (χ2v) is 6.10. The minimum absolute atomic E-state index is 0.0798. The van der Waals surface area contributed by atoms with Crippen molar-refractivity contribution in [3.8, 4) is 0 Å². The third-order valence-corrected chi connectivity index (χ3v) is 3.43. The van der Waals surface area contributed by atoms with Crippen molar-refractivity contribution < 1.29 is 14.6 Å². The Morgan fingerprint density at radius 1 is 1.30 bits per heavy atom. The maximum absolute atomic E-state index is 11.1. The Labute approximate surface area is 120 Å². The van der Waals surface area contributed by atoms with Crippen LogP contribution in [0.3, 0.4) is 0 Å². The Bertz CT molecular complexity index is 434. The summed E-state index contributed by atoms with van der Waals surface area (Å²) < 4.78 is 4.56. The summed E-state index contributed by atoms with van der Waals surface area (Å²) in [6.07, 6.45) is -0.155. The van der Waals surface area contributed by atoms with E-state index in [0.29, 0.717) is 6.42 Å². The predicted molar refractivity (Wildman–Crippen MR) is 79.3 cm³/mol. The maximum atomic E-state index is 11.1. The molecule has 0 aliphatic heterocycles. The molecular weight excluding hydrogens is 254 g/mol. The Kier molecular flexibility index (Phi) is 5.72. The number of esters is 1. The lowest BCUT2D eigenvalue weighted by molar-refractivity contribution is -0.140. The van der Waals surface area contributed by atoms with Gasteiger partial charge in [0, 0.05) is 12.5 Å². The van der Waals surface area contributed by atoms with Crippen LogP contribution in [0.1, 0.15) is 50.8 Å². The van der Waals surface area contributed by atoms with Gasteiger partial charge in [0.2, 0.25) is 0 Å². The zero-order valence-electron chi connectivity index (χ0n) is 12.7. The number of hydrogen-bond donors (Lipinski definition) is 2. The Morgan fingerprint density at radius 3 is 2.30 bits per heavy atom. The Hall–Kier alpha value is -1.39. The lowest BCUT2D eigenvalue weighted by Crippen LogP contribution is -2.29. The van der Waals surface area contributed by atoms with Crippen LogP contribution in [0.2, 0.25) is 0 Å². The first-order valence-corrected chi connectivity index (χ1v) is 6.86. The molecule has 1 rings (SSSR count). The largest absolute Gasteiger partial charge is 0.469 e. The van der Waals surface area contributed by atoms with Gasteiger partial charge in [-0.2, -0.15) is 0 Å². The van der Waals surface area contributed by atoms with Crippen molar-refractivity contribution in [3.05, 3.63) is 35.4 Å². The van der Waals surface area contributed by atoms with E-state index in [0.717, 1.165) is 5.56 Å². The molecule has 0 amide bonds. The normalized spacial score (nSPS) is 14.7. The standard InChI is InChI=1S/C16H25NO3/c1-16(2,3)12-7-5-11(6-8-12)15(19)13(17)9-10-14(18)20-4/h5-8,13,15,19H,9-10,17H2,1-4H3. The van der Waals surface area contributed by atoms with Gasteiger partial charge in [-0.25, -0.2) is 0 Å². The molecular formula is C16H25NO3. The summed E-state index contributed by atoms with van der Waals surface area (Å²) in [6.45, 7) is 6.42. The summed E-state index contributed by atoms with van der Waals surface area (Å²) in [5.41, 5.74) is 7.98. The average Bonchev–Trinajstić information content (AvgIpc) is 2.42. The van der Waals surface area contributed by atoms with Gasteiger partial charge in [0.05, 0.1) is 13.2 Å². The smallest absolute Gasteiger partial charge is 0.305 e. The maximum Gasteiger partial charge on any atom is 0.305 e. The van der Waals surface area contributed by atoms with E-state index in [4.69, 9.17) is 5.73 Å². The molecule has 0 bridgehead atoms. The molecule has 2 unspecified atom stereocenters. The number of aliphatic hydroxyl groups excluding tert-OH is 1. The summed E-state index contributed by atoms with van der Waals surface area (Å²) in [5, 5.41) is 10.2. The Morgan fingerprint density at radius 2 is 1.85 bits per heavy atom. The monoisotopic (exact) mass is 279 g/mol. The number of methoxy groups -OCH3 is 1. The van der Waals surface area contributed by atoms with Crippen LogP contribution in [-0.4, -0.2) is 24.2 Å². The van der Waals surface area contributed by atoms with Crippen LogP contribution in [0.5, 0.6) is 0 Å². The van der Waals surface area contributed by atoms with Gasteiger partial charge in [0.1, 0.15) is 0 Å². The summed E-state index contributed by atoms with van der Waals surface area (Å²) in [7, 11) is 1.34. The first kappa shape index (κ1) is 16.7. The van der Waals surface area contributed by atoms with Gasteiger partial charge in [0.15, 0.2) is 0 Å². The van der Waals surface area contributed by atoms with E-state index in [-0.39, 0.29) is 17.8 Å². The third kappa shape index (κ3) is 4.62. The van der Waals surface area contributed by atoms with E-state index in [1.165, 1.54) is 12.7 Å². The quantitative estimate of drug-likeness (QED) is 0.811. The molecule has 0 saturated heterocycles. The number of carbonyl (C=O) groups is 1. The fourth-order valence-corrected chi connectivity index (χ4v) is 1.97. The van der Waals surface area contributed by atoms with Crippen molar-refractivity contribution in [2.24, 2.45) is 5.73 Å². The van der Waals surface area contributed by atoms with Crippen molar-refractivity contribution in [1.29, 1.82) is 0 Å². The van der Waals surface area contributed by atoms with E-state index in [2.05, 4.69) is 25.5 Å². The predicted octanol–water partition coefficient (Wildman–Crippen LogP) is 2.30. The molecule has 0 aliphatic rings. The summed E-state index contributed by atoms with van der Waals surface area (Å²) >= 11 is 0. The molecule has 0 saturated carbocycles. The van der Waals surface area contributed by atoms with Crippen LogP contribution < -0.4 is 5.73 Å². The zero-order valence-corrected chi connectivity index (χ0v) is 12.7. The molecule has 1 aromatic rings. The van der Waals surface area contributed by atoms with Gasteiger partial charge in [0.25, 0.3) is 0 Å². The molecule has 2 atom stereocenters. The molecule has 4 heteroatoms. The van der Waals surface area contributed by atoms with Crippen LogP contribution in [-0.2, 0) is 14.9 Å². The molecule has 1 aromatic carbocycles. The van der Waals surface area contributed by atoms with E-state index >= 15 is 0 Å². The molecule has 112 valence electrons. The van der Waals surface area contributed by atoms with E-state index in [1.807, 2.05) is 24.3 Å². The number of rotatable bonds is 5. The van der Waals surface area contributed by atoms with Crippen molar-refractivity contribution in [2.45, 2.75) is 51.2 Å². The lowest BCUT2D eigenvalue weighted by atomic mass is 9.86. The fourth-order valence-electron chi connectivity index (χ4n) is 1.97. The van der Waals surface area contributed by atoms with Gasteiger partial charge < -0.3 is 15.6 Å². The number of aliphatic hydroxyl groups is 1. The highest BCUT2D eigenvalue weighted by atomic mass is 16.5. The molecule has 0 aliphatic carbocycles. The van der Waals surface area contributed by atoms with Crippen LogP contribution in [0.25, 0.3) is 0 Å². The van der Waals surface area contributed by atoms with E-state index < -0.39 is 12.1 Å². The van der Waals surface area contributed by atoms with Gasteiger partial charge in [-0.3, -0.25) is 4.79 Å². The topological polar surface area (TPSA) is 72.5 Å². The first-order valence-electron chi connectivity index (χ1n) is 6.86. The SMILES string of the molecule is COC(=O)CCC(N)C(O)c1ccc(C(C)(C)C)cc1. The van der Waals surface area contributed by atoms with Crippen molar-refractivity contribution in [3.63, 3.8) is 0 Å². The molecule has 20 heavy (non-hydrogen) atoms. The van der Waals surface area contributed by atoms with Crippen LogP contribution in [0, 0.1) is 0 Å². The summed E-state index contributed by atoms with van der Waals surface area (Å²) in [6, 6.07) is 7.32. The number of carbonyl (C=O) groups excluding carboxylic acids is 1. The second-order valence-electron chi connectivity index (χ2n) is 6.10. The highest BCUT2D eigenvalue weighted by molar-refractivity contribution is 5.69. The van der Waals surface area contributed by atoms with Gasteiger partial charge >= 0.3 is 5.97 Å². The summed E-state index contributed by atoms with van der Waals surface area (Å²) in [5.74, 6) is -0.310. The molecule has 0 spiro atoms. The molecule has 0 heterocycles. The zero-order chi connectivity index (χ0) is 15.3. The molecule has 4 nitrogen and oxygen atoms in total. The van der Waals surface area contributed by atoms with Crippen LogP contribution in [0.15, 0.2) is 24.3 Å². The number of nitrogens with two attached hydrogens (primary N) is 1. The third-order valence-electron chi connectivity index (χ3n) is 3.43. The molecule has 0 aromatic heterocycles. The first-order chi connectivity index (χ1) is 9.25. The number of ether oxygens (including phenoxy) is 1. The lowest BCUT2D eigenvalue weighted by Gasteiger charge is -2.22. The van der Waals surface area contributed by atoms with Crippen LogP contribution >= 0.6 is 0 Å². The molecule has 0 radical (unpaired) electrons. The fraction of sp³-hybridized carbons (Fsp3) is 0.562. The van der Waals surface area contributed by atoms with Crippen LogP contribution in [0.4, 0.5) is 0 Å². The van der Waals surface area contributed by atoms with Crippen molar-refractivity contribution in [2.75, 3.05) is 7.11 Å². The second kappa shape index (κ2) is 6.86. The minimum Gasteiger partial charge on any atom is -0.469 e. The van der Waals surface area contributed by atoms with Crippen molar-refractivity contribution in [1.82, 2.24) is 0 Å².